The molecule has 0 saturated carbocycles. The predicted octanol–water partition coefficient (Wildman–Crippen LogP) is 7.75. The number of nitrogens with one attached hydrogen (secondary N) is 2. The second kappa shape index (κ2) is 11.9. The number of nitrogens with zero attached hydrogens (tertiary/aromatic N) is 1. The van der Waals surface area contributed by atoms with Crippen molar-refractivity contribution in [1.82, 2.24) is 10.4 Å². The van der Waals surface area contributed by atoms with Gasteiger partial charge in [-0.1, -0.05) is 53.0 Å². The van der Waals surface area contributed by atoms with Crippen LogP contribution in [0, 0.1) is 13.8 Å². The zero-order valence-electron chi connectivity index (χ0n) is 22.4. The number of amides is 1. The van der Waals surface area contributed by atoms with Gasteiger partial charge in [0.05, 0.1) is 18.9 Å². The van der Waals surface area contributed by atoms with E-state index in [0.29, 0.717) is 38.2 Å². The number of hydrogen-bond acceptors (Lipinski definition) is 5. The molecule has 0 unspecified atom stereocenters. The highest BCUT2D eigenvalue weighted by Gasteiger charge is 2.22. The first-order valence-electron chi connectivity index (χ1n) is 12.6. The van der Waals surface area contributed by atoms with Crippen LogP contribution in [-0.2, 0) is 0 Å². The van der Waals surface area contributed by atoms with Crippen LogP contribution in [0.5, 0.6) is 11.5 Å². The number of halogens is 2. The first kappa shape index (κ1) is 28.0. The average molecular weight is 586 g/mol. The Morgan fingerprint density at radius 2 is 1.68 bits per heavy atom. The van der Waals surface area contributed by atoms with Crippen molar-refractivity contribution in [2.24, 2.45) is 5.10 Å². The van der Waals surface area contributed by atoms with Crippen LogP contribution in [0.2, 0.25) is 10.0 Å². The topological polar surface area (TPSA) is 92.8 Å². The average Bonchev–Trinajstić information content (AvgIpc) is 3.34. The molecule has 206 valence electrons. The Morgan fingerprint density at radius 3 is 2.41 bits per heavy atom. The number of carbonyl (C=O) groups excluding carboxylic acids is 2. The number of H-pyrrole nitrogens is 1. The normalized spacial score (nSPS) is 11.1. The molecule has 0 fully saturated rings. The number of hydrazone groups is 1. The van der Waals surface area contributed by atoms with Gasteiger partial charge >= 0.3 is 5.97 Å². The van der Waals surface area contributed by atoms with Crippen LogP contribution in [0.4, 0.5) is 0 Å². The number of hydrogen-bond donors (Lipinski definition) is 2. The van der Waals surface area contributed by atoms with E-state index in [1.807, 2.05) is 38.1 Å². The van der Waals surface area contributed by atoms with Crippen LogP contribution in [0.1, 0.15) is 37.5 Å². The number of fused-ring (bicyclic) bond motifs is 1. The summed E-state index contributed by atoms with van der Waals surface area (Å²) in [4.78, 5) is 29.2. The van der Waals surface area contributed by atoms with Gasteiger partial charge in [0.25, 0.3) is 5.91 Å². The van der Waals surface area contributed by atoms with Gasteiger partial charge in [-0.3, -0.25) is 4.79 Å². The molecule has 0 saturated heterocycles. The molecule has 4 aromatic carbocycles. The van der Waals surface area contributed by atoms with Crippen molar-refractivity contribution in [2.75, 3.05) is 7.11 Å². The van der Waals surface area contributed by atoms with Gasteiger partial charge in [0.2, 0.25) is 0 Å². The lowest BCUT2D eigenvalue weighted by atomic mass is 9.99. The monoisotopic (exact) mass is 585 g/mol. The fourth-order valence-electron chi connectivity index (χ4n) is 4.58. The summed E-state index contributed by atoms with van der Waals surface area (Å²) in [6, 6.07) is 22.8. The van der Waals surface area contributed by atoms with Crippen molar-refractivity contribution in [1.29, 1.82) is 0 Å². The second-order valence-electron chi connectivity index (χ2n) is 9.37. The lowest BCUT2D eigenvalue weighted by Crippen LogP contribution is -2.19. The van der Waals surface area contributed by atoms with E-state index in [-0.39, 0.29) is 5.75 Å². The van der Waals surface area contributed by atoms with Crippen LogP contribution in [0.3, 0.4) is 0 Å². The van der Waals surface area contributed by atoms with Gasteiger partial charge in [0, 0.05) is 32.1 Å². The largest absolute Gasteiger partial charge is 0.493 e. The van der Waals surface area contributed by atoms with E-state index in [4.69, 9.17) is 32.7 Å². The van der Waals surface area contributed by atoms with Crippen molar-refractivity contribution < 1.29 is 19.1 Å². The molecule has 0 aliphatic rings. The molecular formula is C32H25Cl2N3O4. The number of benzene rings is 4. The minimum absolute atomic E-state index is 0.238. The Bertz CT molecular complexity index is 1810. The number of esters is 1. The minimum atomic E-state index is -0.549. The fraction of sp³-hybridized carbons (Fsp3) is 0.0938. The molecule has 7 nitrogen and oxygen atoms in total. The predicted molar refractivity (Wildman–Crippen MR) is 163 cm³/mol. The highest BCUT2D eigenvalue weighted by molar-refractivity contribution is 6.34. The van der Waals surface area contributed by atoms with Crippen LogP contribution in [-0.4, -0.2) is 30.2 Å². The maximum absolute atomic E-state index is 13.4. The van der Waals surface area contributed by atoms with Crippen LogP contribution < -0.4 is 14.9 Å². The second-order valence-corrected chi connectivity index (χ2v) is 10.2. The van der Waals surface area contributed by atoms with E-state index in [1.54, 1.807) is 48.5 Å². The van der Waals surface area contributed by atoms with Gasteiger partial charge < -0.3 is 14.5 Å². The van der Waals surface area contributed by atoms with Crippen molar-refractivity contribution in [2.45, 2.75) is 13.8 Å². The fourth-order valence-corrected chi connectivity index (χ4v) is 4.94. The first-order chi connectivity index (χ1) is 19.7. The molecule has 41 heavy (non-hydrogen) atoms. The highest BCUT2D eigenvalue weighted by atomic mass is 35.5. The van der Waals surface area contributed by atoms with Crippen molar-refractivity contribution >= 4 is 52.2 Å². The molecule has 0 aliphatic heterocycles. The Hall–Kier alpha value is -4.59. The molecule has 9 heteroatoms. The zero-order valence-corrected chi connectivity index (χ0v) is 23.9. The summed E-state index contributed by atoms with van der Waals surface area (Å²) in [7, 11) is 1.47. The number of rotatable bonds is 7. The summed E-state index contributed by atoms with van der Waals surface area (Å²) >= 11 is 12.4. The van der Waals surface area contributed by atoms with E-state index in [0.717, 1.165) is 27.6 Å². The molecular weight excluding hydrogens is 561 g/mol. The summed E-state index contributed by atoms with van der Waals surface area (Å²) in [6.45, 7) is 4.00. The maximum Gasteiger partial charge on any atom is 0.343 e. The van der Waals surface area contributed by atoms with Crippen LogP contribution in [0.25, 0.3) is 22.0 Å². The molecule has 5 aromatic rings. The van der Waals surface area contributed by atoms with E-state index in [9.17, 15) is 9.59 Å². The lowest BCUT2D eigenvalue weighted by Gasteiger charge is -2.10. The van der Waals surface area contributed by atoms with E-state index in [1.165, 1.54) is 13.3 Å². The molecule has 0 atom stereocenters. The number of carbonyl (C=O) groups is 2. The van der Waals surface area contributed by atoms with E-state index >= 15 is 0 Å². The van der Waals surface area contributed by atoms with Crippen molar-refractivity contribution in [3.63, 3.8) is 0 Å². The zero-order chi connectivity index (χ0) is 29.1. The molecule has 1 heterocycles. The third-order valence-corrected chi connectivity index (χ3v) is 7.05. The molecule has 0 radical (unpaired) electrons. The molecule has 0 spiro atoms. The van der Waals surface area contributed by atoms with Crippen molar-refractivity contribution in [3.05, 3.63) is 117 Å². The number of aryl methyl sites for hydroxylation is 2. The molecule has 5 rings (SSSR count). The number of ether oxygens (including phenoxy) is 2. The van der Waals surface area contributed by atoms with Crippen molar-refractivity contribution in [3.8, 4) is 22.6 Å². The molecule has 0 bridgehead atoms. The molecule has 1 aromatic heterocycles. The van der Waals surface area contributed by atoms with Crippen LogP contribution in [0.15, 0.2) is 84.0 Å². The molecule has 0 aliphatic carbocycles. The number of aromatic amines is 1. The Balaban J connectivity index is 1.38. The summed E-state index contributed by atoms with van der Waals surface area (Å²) in [5.41, 5.74) is 8.31. The SMILES string of the molecule is COc1cc(C=NNC(=O)c2[nH]c3c(C)cc(C)cc3c2-c2ccccc2Cl)ccc1OC(=O)c1ccc(Cl)cc1. The summed E-state index contributed by atoms with van der Waals surface area (Å²) < 4.78 is 10.9. The lowest BCUT2D eigenvalue weighted by molar-refractivity contribution is 0.0729. The van der Waals surface area contributed by atoms with Gasteiger partial charge in [-0.05, 0) is 79.6 Å². The Labute approximate surface area is 246 Å². The third kappa shape index (κ3) is 5.96. The number of methoxy groups -OCH3 is 1. The number of aromatic nitrogens is 1. The van der Waals surface area contributed by atoms with Gasteiger partial charge in [-0.25, -0.2) is 10.2 Å². The molecule has 1 amide bonds. The van der Waals surface area contributed by atoms with Gasteiger partial charge in [0.15, 0.2) is 11.5 Å². The van der Waals surface area contributed by atoms with E-state index in [2.05, 4.69) is 21.6 Å². The standard InChI is InChI=1S/C32H25Cl2N3O4/c1-18-14-19(2)29-24(15-18)28(23-6-4-5-7-25(23)34)30(36-29)31(38)37-35-17-20-8-13-26(27(16-20)40-3)41-32(39)21-9-11-22(33)12-10-21/h4-17,36H,1-3H3,(H,37,38). The highest BCUT2D eigenvalue weighted by Crippen LogP contribution is 2.38. The quantitative estimate of drug-likeness (QED) is 0.0883. The third-order valence-electron chi connectivity index (χ3n) is 6.47. The molecule has 2 N–H and O–H groups in total. The van der Waals surface area contributed by atoms with Crippen LogP contribution >= 0.6 is 23.2 Å². The summed E-state index contributed by atoms with van der Waals surface area (Å²) in [5, 5.41) is 6.11. The van der Waals surface area contributed by atoms with Gasteiger partial charge in [-0.2, -0.15) is 5.10 Å². The summed E-state index contributed by atoms with van der Waals surface area (Å²) in [5.74, 6) is -0.413. The maximum atomic E-state index is 13.4. The smallest absolute Gasteiger partial charge is 0.343 e. The van der Waals surface area contributed by atoms with E-state index < -0.39 is 11.9 Å². The minimum Gasteiger partial charge on any atom is -0.493 e. The Kier molecular flexibility index (Phi) is 8.10. The Morgan fingerprint density at radius 1 is 0.927 bits per heavy atom. The van der Waals surface area contributed by atoms with Gasteiger partial charge in [0.1, 0.15) is 5.69 Å². The summed E-state index contributed by atoms with van der Waals surface area (Å²) in [6.07, 6.45) is 1.47. The first-order valence-corrected chi connectivity index (χ1v) is 13.4. The van der Waals surface area contributed by atoms with Gasteiger partial charge in [-0.15, -0.1) is 0 Å².